The third-order valence-corrected chi connectivity index (χ3v) is 2.48. The Hall–Kier alpha value is -2.42. The van der Waals surface area contributed by atoms with Gasteiger partial charge < -0.3 is 4.74 Å². The number of carbonyl (C=O) groups excluding carboxylic acids is 1. The van der Waals surface area contributed by atoms with Crippen molar-refractivity contribution in [3.63, 3.8) is 0 Å². The van der Waals surface area contributed by atoms with Crippen LogP contribution in [0.3, 0.4) is 0 Å². The first kappa shape index (κ1) is 12.0. The SMILES string of the molecule is COC(=O)c1cccc(/C=C\c2ccncc2)c1. The number of benzene rings is 1. The Morgan fingerprint density at radius 3 is 2.56 bits per heavy atom. The molecule has 3 heteroatoms. The van der Waals surface area contributed by atoms with Crippen LogP contribution in [-0.2, 0) is 4.74 Å². The number of pyridine rings is 1. The molecule has 0 unspecified atom stereocenters. The number of carbonyl (C=O) groups is 1. The maximum atomic E-state index is 11.4. The minimum atomic E-state index is -0.325. The molecule has 2 aromatic rings. The molecule has 0 amide bonds. The first-order valence-electron chi connectivity index (χ1n) is 5.56. The van der Waals surface area contributed by atoms with Crippen molar-refractivity contribution in [2.24, 2.45) is 0 Å². The molecule has 0 saturated carbocycles. The summed E-state index contributed by atoms with van der Waals surface area (Å²) in [5.74, 6) is -0.325. The van der Waals surface area contributed by atoms with Crippen molar-refractivity contribution in [2.45, 2.75) is 0 Å². The lowest BCUT2D eigenvalue weighted by Crippen LogP contribution is -2.00. The Labute approximate surface area is 106 Å². The molecule has 0 aliphatic heterocycles. The number of aromatic nitrogens is 1. The van der Waals surface area contributed by atoms with Crippen LogP contribution in [0.5, 0.6) is 0 Å². The third kappa shape index (κ3) is 3.04. The van der Waals surface area contributed by atoms with E-state index < -0.39 is 0 Å². The molecule has 1 aromatic carbocycles. The lowest BCUT2D eigenvalue weighted by Gasteiger charge is -2.00. The highest BCUT2D eigenvalue weighted by Gasteiger charge is 2.03. The molecule has 18 heavy (non-hydrogen) atoms. The van der Waals surface area contributed by atoms with Gasteiger partial charge in [-0.3, -0.25) is 4.98 Å². The maximum Gasteiger partial charge on any atom is 0.337 e. The largest absolute Gasteiger partial charge is 0.465 e. The number of rotatable bonds is 3. The van der Waals surface area contributed by atoms with Gasteiger partial charge in [0.15, 0.2) is 0 Å². The van der Waals surface area contributed by atoms with Gasteiger partial charge in [-0.15, -0.1) is 0 Å². The van der Waals surface area contributed by atoms with Crippen molar-refractivity contribution in [1.82, 2.24) is 4.98 Å². The fourth-order valence-electron chi connectivity index (χ4n) is 1.55. The molecule has 0 N–H and O–H groups in total. The van der Waals surface area contributed by atoms with Crippen LogP contribution in [0.25, 0.3) is 12.2 Å². The van der Waals surface area contributed by atoms with E-state index in [0.717, 1.165) is 11.1 Å². The Morgan fingerprint density at radius 2 is 1.83 bits per heavy atom. The van der Waals surface area contributed by atoms with Crippen molar-refractivity contribution >= 4 is 18.1 Å². The molecular formula is C15H13NO2. The summed E-state index contributed by atoms with van der Waals surface area (Å²) < 4.78 is 4.68. The van der Waals surface area contributed by atoms with E-state index in [-0.39, 0.29) is 5.97 Å². The van der Waals surface area contributed by atoms with E-state index in [0.29, 0.717) is 5.56 Å². The van der Waals surface area contributed by atoms with Gasteiger partial charge in [-0.05, 0) is 35.4 Å². The Balaban J connectivity index is 2.20. The number of ether oxygens (including phenoxy) is 1. The van der Waals surface area contributed by atoms with E-state index in [1.807, 2.05) is 36.4 Å². The molecule has 0 spiro atoms. The third-order valence-electron chi connectivity index (χ3n) is 2.48. The Morgan fingerprint density at radius 1 is 1.11 bits per heavy atom. The average molecular weight is 239 g/mol. The van der Waals surface area contributed by atoms with E-state index >= 15 is 0 Å². The van der Waals surface area contributed by atoms with Crippen molar-refractivity contribution in [3.8, 4) is 0 Å². The highest BCUT2D eigenvalue weighted by atomic mass is 16.5. The van der Waals surface area contributed by atoms with Gasteiger partial charge in [-0.25, -0.2) is 4.79 Å². The summed E-state index contributed by atoms with van der Waals surface area (Å²) in [5, 5.41) is 0. The van der Waals surface area contributed by atoms with Crippen molar-refractivity contribution in [3.05, 3.63) is 65.5 Å². The zero-order valence-electron chi connectivity index (χ0n) is 10.0. The molecule has 3 nitrogen and oxygen atoms in total. The summed E-state index contributed by atoms with van der Waals surface area (Å²) >= 11 is 0. The van der Waals surface area contributed by atoms with Gasteiger partial charge in [0, 0.05) is 12.4 Å². The number of hydrogen-bond acceptors (Lipinski definition) is 3. The van der Waals surface area contributed by atoms with Crippen molar-refractivity contribution in [2.75, 3.05) is 7.11 Å². The van der Waals surface area contributed by atoms with Crippen LogP contribution in [0.15, 0.2) is 48.8 Å². The van der Waals surface area contributed by atoms with Crippen molar-refractivity contribution < 1.29 is 9.53 Å². The Bertz CT molecular complexity index is 562. The highest BCUT2D eigenvalue weighted by Crippen LogP contribution is 2.10. The van der Waals surface area contributed by atoms with Crippen molar-refractivity contribution in [1.29, 1.82) is 0 Å². The normalized spacial score (nSPS) is 10.5. The lowest BCUT2D eigenvalue weighted by molar-refractivity contribution is 0.0600. The van der Waals surface area contributed by atoms with E-state index in [2.05, 4.69) is 9.72 Å². The molecular weight excluding hydrogens is 226 g/mol. The van der Waals surface area contributed by atoms with Crippen LogP contribution >= 0.6 is 0 Å². The topological polar surface area (TPSA) is 39.2 Å². The summed E-state index contributed by atoms with van der Waals surface area (Å²) in [5.41, 5.74) is 2.57. The molecule has 0 aliphatic carbocycles. The first-order chi connectivity index (χ1) is 8.79. The predicted octanol–water partition coefficient (Wildman–Crippen LogP) is 3.04. The summed E-state index contributed by atoms with van der Waals surface area (Å²) in [6, 6.07) is 11.1. The summed E-state index contributed by atoms with van der Waals surface area (Å²) in [6.07, 6.45) is 7.40. The molecule has 0 saturated heterocycles. The predicted molar refractivity (Wildman–Crippen MR) is 70.9 cm³/mol. The molecule has 0 atom stereocenters. The van der Waals surface area contributed by atoms with Gasteiger partial charge in [0.25, 0.3) is 0 Å². The van der Waals surface area contributed by atoms with Gasteiger partial charge in [-0.1, -0.05) is 24.3 Å². The van der Waals surface area contributed by atoms with Gasteiger partial charge in [-0.2, -0.15) is 0 Å². The zero-order chi connectivity index (χ0) is 12.8. The second-order valence-corrected chi connectivity index (χ2v) is 3.73. The van der Waals surface area contributed by atoms with E-state index in [1.54, 1.807) is 24.5 Å². The standard InChI is InChI=1S/C15H13NO2/c1-18-15(17)14-4-2-3-13(11-14)6-5-12-7-9-16-10-8-12/h2-11H,1H3/b6-5-. The summed E-state index contributed by atoms with van der Waals surface area (Å²) in [6.45, 7) is 0. The maximum absolute atomic E-state index is 11.4. The molecule has 0 radical (unpaired) electrons. The van der Waals surface area contributed by atoms with E-state index in [4.69, 9.17) is 0 Å². The second kappa shape index (κ2) is 5.77. The highest BCUT2D eigenvalue weighted by molar-refractivity contribution is 5.90. The quantitative estimate of drug-likeness (QED) is 0.773. The molecule has 1 heterocycles. The van der Waals surface area contributed by atoms with Crippen LogP contribution in [0.4, 0.5) is 0 Å². The first-order valence-corrected chi connectivity index (χ1v) is 5.56. The number of esters is 1. The Kier molecular flexibility index (Phi) is 3.86. The zero-order valence-corrected chi connectivity index (χ0v) is 10.0. The van der Waals surface area contributed by atoms with Crippen LogP contribution < -0.4 is 0 Å². The molecule has 90 valence electrons. The molecule has 0 bridgehead atoms. The van der Waals surface area contributed by atoms with Crippen LogP contribution in [-0.4, -0.2) is 18.1 Å². The fraction of sp³-hybridized carbons (Fsp3) is 0.0667. The number of nitrogens with zero attached hydrogens (tertiary/aromatic N) is 1. The fourth-order valence-corrected chi connectivity index (χ4v) is 1.55. The molecule has 2 rings (SSSR count). The van der Waals surface area contributed by atoms with Gasteiger partial charge in [0.1, 0.15) is 0 Å². The summed E-state index contributed by atoms with van der Waals surface area (Å²) in [4.78, 5) is 15.3. The monoisotopic (exact) mass is 239 g/mol. The minimum Gasteiger partial charge on any atom is -0.465 e. The molecule has 1 aromatic heterocycles. The second-order valence-electron chi connectivity index (χ2n) is 3.73. The summed E-state index contributed by atoms with van der Waals surface area (Å²) in [7, 11) is 1.38. The minimum absolute atomic E-state index is 0.325. The molecule has 0 fully saturated rings. The number of hydrogen-bond donors (Lipinski definition) is 0. The van der Waals surface area contributed by atoms with E-state index in [9.17, 15) is 4.79 Å². The number of methoxy groups -OCH3 is 1. The smallest absolute Gasteiger partial charge is 0.337 e. The van der Waals surface area contributed by atoms with Crippen LogP contribution in [0.2, 0.25) is 0 Å². The van der Waals surface area contributed by atoms with Gasteiger partial charge in [0.2, 0.25) is 0 Å². The van der Waals surface area contributed by atoms with Crippen LogP contribution in [0.1, 0.15) is 21.5 Å². The van der Waals surface area contributed by atoms with E-state index in [1.165, 1.54) is 7.11 Å². The molecule has 0 aliphatic rings. The van der Waals surface area contributed by atoms with Gasteiger partial charge in [0.05, 0.1) is 12.7 Å². The lowest BCUT2D eigenvalue weighted by atomic mass is 10.1. The van der Waals surface area contributed by atoms with Gasteiger partial charge >= 0.3 is 5.97 Å². The average Bonchev–Trinajstić information content (AvgIpc) is 2.45. The van der Waals surface area contributed by atoms with Crippen LogP contribution in [0, 0.1) is 0 Å².